The third-order valence-corrected chi connectivity index (χ3v) is 5.95. The van der Waals surface area contributed by atoms with Gasteiger partial charge in [-0.3, -0.25) is 4.79 Å². The van der Waals surface area contributed by atoms with Gasteiger partial charge in [-0.2, -0.15) is 0 Å². The van der Waals surface area contributed by atoms with E-state index in [-0.39, 0.29) is 24.0 Å². The first kappa shape index (κ1) is 19.3. The van der Waals surface area contributed by atoms with Crippen molar-refractivity contribution < 1.29 is 19.1 Å². The maximum absolute atomic E-state index is 12.8. The van der Waals surface area contributed by atoms with Gasteiger partial charge in [0.2, 0.25) is 5.91 Å². The van der Waals surface area contributed by atoms with E-state index in [1.807, 2.05) is 59.5 Å². The Bertz CT molecular complexity index is 858. The number of methoxy groups -OCH3 is 1. The number of amides is 2. The van der Waals surface area contributed by atoms with Gasteiger partial charge in [0, 0.05) is 26.2 Å². The number of nitrogens with zero attached hydrogens (tertiary/aromatic N) is 2. The van der Waals surface area contributed by atoms with E-state index >= 15 is 0 Å². The second-order valence-corrected chi connectivity index (χ2v) is 7.82. The largest absolute Gasteiger partial charge is 0.497 e. The lowest BCUT2D eigenvalue weighted by molar-refractivity contribution is -0.166. The summed E-state index contributed by atoms with van der Waals surface area (Å²) < 4.78 is 10.6. The highest BCUT2D eigenvalue weighted by Crippen LogP contribution is 2.42. The van der Waals surface area contributed by atoms with Crippen molar-refractivity contribution in [2.24, 2.45) is 5.41 Å². The highest BCUT2D eigenvalue weighted by atomic mass is 16.6. The van der Waals surface area contributed by atoms with Crippen molar-refractivity contribution in [1.82, 2.24) is 9.80 Å². The zero-order chi connectivity index (χ0) is 20.3. The van der Waals surface area contributed by atoms with E-state index in [2.05, 4.69) is 0 Å². The summed E-state index contributed by atoms with van der Waals surface area (Å²) in [6, 6.07) is 17.4. The molecule has 6 nitrogen and oxygen atoms in total. The van der Waals surface area contributed by atoms with Crippen molar-refractivity contribution in [1.29, 1.82) is 0 Å². The molecule has 2 aromatic carbocycles. The molecule has 2 saturated heterocycles. The number of likely N-dealkylation sites (tertiary alicyclic amines) is 2. The number of hydrogen-bond acceptors (Lipinski definition) is 4. The van der Waals surface area contributed by atoms with E-state index in [4.69, 9.17) is 9.47 Å². The van der Waals surface area contributed by atoms with Crippen LogP contribution in [0.3, 0.4) is 0 Å². The quantitative estimate of drug-likeness (QED) is 0.729. The fourth-order valence-electron chi connectivity index (χ4n) is 4.13. The van der Waals surface area contributed by atoms with Crippen molar-refractivity contribution in [3.05, 3.63) is 65.7 Å². The van der Waals surface area contributed by atoms with Crippen LogP contribution in [0.5, 0.6) is 5.75 Å². The van der Waals surface area contributed by atoms with Gasteiger partial charge in [-0.15, -0.1) is 0 Å². The average molecular weight is 394 g/mol. The summed E-state index contributed by atoms with van der Waals surface area (Å²) in [6.07, 6.45) is 1.10. The molecule has 0 atom stereocenters. The molecule has 4 rings (SSSR count). The van der Waals surface area contributed by atoms with Gasteiger partial charge < -0.3 is 19.3 Å². The SMILES string of the molecule is COc1ccc(CN2CC3(CCN(C(=O)OCc4ccccc4)CC3)C2=O)cc1. The molecule has 2 fully saturated rings. The van der Waals surface area contributed by atoms with Gasteiger partial charge in [0.1, 0.15) is 12.4 Å². The number of piperidine rings is 1. The molecular weight excluding hydrogens is 368 g/mol. The second-order valence-electron chi connectivity index (χ2n) is 7.82. The van der Waals surface area contributed by atoms with E-state index in [0.29, 0.717) is 32.5 Å². The fraction of sp³-hybridized carbons (Fsp3) is 0.391. The van der Waals surface area contributed by atoms with Crippen molar-refractivity contribution in [3.8, 4) is 5.75 Å². The number of β-lactam (4-membered cyclic amide) rings is 1. The van der Waals surface area contributed by atoms with Gasteiger partial charge in [-0.25, -0.2) is 4.79 Å². The van der Waals surface area contributed by atoms with Crippen LogP contribution in [0.25, 0.3) is 0 Å². The lowest BCUT2D eigenvalue weighted by Gasteiger charge is -2.52. The Morgan fingerprint density at radius 1 is 1.00 bits per heavy atom. The highest BCUT2D eigenvalue weighted by Gasteiger charge is 2.53. The normalized spacial score (nSPS) is 17.8. The summed E-state index contributed by atoms with van der Waals surface area (Å²) >= 11 is 0. The van der Waals surface area contributed by atoms with Gasteiger partial charge in [0.25, 0.3) is 0 Å². The van der Waals surface area contributed by atoms with Crippen molar-refractivity contribution >= 4 is 12.0 Å². The van der Waals surface area contributed by atoms with Gasteiger partial charge in [0.15, 0.2) is 0 Å². The molecule has 0 unspecified atom stereocenters. The zero-order valence-corrected chi connectivity index (χ0v) is 16.7. The number of carbonyl (C=O) groups excluding carboxylic acids is 2. The standard InChI is InChI=1S/C23H26N2O4/c1-28-20-9-7-18(8-10-20)15-25-17-23(21(25)26)11-13-24(14-12-23)22(27)29-16-19-5-3-2-4-6-19/h2-10H,11-17H2,1H3. The van der Waals surface area contributed by atoms with Gasteiger partial charge in [-0.1, -0.05) is 42.5 Å². The van der Waals surface area contributed by atoms with E-state index in [1.54, 1.807) is 12.0 Å². The Hall–Kier alpha value is -3.02. The molecule has 0 radical (unpaired) electrons. The molecule has 29 heavy (non-hydrogen) atoms. The number of benzene rings is 2. The minimum absolute atomic E-state index is 0.200. The molecule has 2 aliphatic rings. The molecule has 2 amide bonds. The minimum atomic E-state index is -0.303. The van der Waals surface area contributed by atoms with Gasteiger partial charge in [0.05, 0.1) is 12.5 Å². The van der Waals surface area contributed by atoms with Crippen LogP contribution in [-0.2, 0) is 22.7 Å². The number of hydrogen-bond donors (Lipinski definition) is 0. The van der Waals surface area contributed by atoms with Crippen LogP contribution < -0.4 is 4.74 Å². The van der Waals surface area contributed by atoms with Crippen LogP contribution in [0.1, 0.15) is 24.0 Å². The molecule has 1 spiro atoms. The van der Waals surface area contributed by atoms with E-state index in [0.717, 1.165) is 23.4 Å². The predicted molar refractivity (Wildman–Crippen MR) is 108 cm³/mol. The molecule has 152 valence electrons. The smallest absolute Gasteiger partial charge is 0.410 e. The molecule has 0 aliphatic carbocycles. The summed E-state index contributed by atoms with van der Waals surface area (Å²) in [6.45, 7) is 2.78. The average Bonchev–Trinajstić information content (AvgIpc) is 2.78. The molecule has 0 saturated carbocycles. The van der Waals surface area contributed by atoms with E-state index < -0.39 is 0 Å². The molecule has 2 aliphatic heterocycles. The summed E-state index contributed by atoms with van der Waals surface area (Å²) in [5.41, 5.74) is 1.76. The predicted octanol–water partition coefficient (Wildman–Crippen LogP) is 3.46. The van der Waals surface area contributed by atoms with E-state index in [9.17, 15) is 9.59 Å². The number of carbonyl (C=O) groups is 2. The minimum Gasteiger partial charge on any atom is -0.497 e. The Kier molecular flexibility index (Phi) is 5.43. The van der Waals surface area contributed by atoms with Crippen molar-refractivity contribution in [3.63, 3.8) is 0 Å². The monoisotopic (exact) mass is 394 g/mol. The first-order valence-electron chi connectivity index (χ1n) is 9.98. The Labute approximate surface area is 171 Å². The first-order valence-corrected chi connectivity index (χ1v) is 9.98. The number of rotatable bonds is 5. The molecule has 6 heteroatoms. The van der Waals surface area contributed by atoms with Crippen LogP contribution >= 0.6 is 0 Å². The fourth-order valence-corrected chi connectivity index (χ4v) is 4.13. The third kappa shape index (κ3) is 4.06. The van der Waals surface area contributed by atoms with Crippen LogP contribution in [0, 0.1) is 5.41 Å². The third-order valence-electron chi connectivity index (χ3n) is 5.95. The molecule has 0 aromatic heterocycles. The lowest BCUT2D eigenvalue weighted by atomic mass is 9.71. The Balaban J connectivity index is 1.25. The van der Waals surface area contributed by atoms with Crippen molar-refractivity contribution in [2.45, 2.75) is 26.0 Å². The van der Waals surface area contributed by atoms with Crippen LogP contribution in [-0.4, -0.2) is 48.5 Å². The Morgan fingerprint density at radius 3 is 2.31 bits per heavy atom. The van der Waals surface area contributed by atoms with Crippen LogP contribution in [0.15, 0.2) is 54.6 Å². The van der Waals surface area contributed by atoms with Crippen LogP contribution in [0.2, 0.25) is 0 Å². The maximum Gasteiger partial charge on any atom is 0.410 e. The summed E-state index contributed by atoms with van der Waals surface area (Å²) in [4.78, 5) is 28.8. The molecular formula is C23H26N2O4. The maximum atomic E-state index is 12.8. The topological polar surface area (TPSA) is 59.1 Å². The molecule has 2 heterocycles. The van der Waals surface area contributed by atoms with Gasteiger partial charge in [-0.05, 0) is 36.1 Å². The summed E-state index contributed by atoms with van der Waals surface area (Å²) in [5.74, 6) is 1.01. The molecule has 0 bridgehead atoms. The highest BCUT2D eigenvalue weighted by molar-refractivity contribution is 5.89. The first-order chi connectivity index (χ1) is 14.1. The van der Waals surface area contributed by atoms with Crippen LogP contribution in [0.4, 0.5) is 4.79 Å². The van der Waals surface area contributed by atoms with E-state index in [1.165, 1.54) is 0 Å². The zero-order valence-electron chi connectivity index (χ0n) is 16.7. The molecule has 2 aromatic rings. The second kappa shape index (κ2) is 8.15. The van der Waals surface area contributed by atoms with Gasteiger partial charge >= 0.3 is 6.09 Å². The summed E-state index contributed by atoms with van der Waals surface area (Å²) in [7, 11) is 1.64. The van der Waals surface area contributed by atoms with Crippen molar-refractivity contribution in [2.75, 3.05) is 26.7 Å². The Morgan fingerprint density at radius 2 is 1.69 bits per heavy atom. The summed E-state index contributed by atoms with van der Waals surface area (Å²) in [5, 5.41) is 0. The number of ether oxygens (including phenoxy) is 2. The lowest BCUT2D eigenvalue weighted by Crippen LogP contribution is -2.64. The molecule has 0 N–H and O–H groups in total.